The number of non-ortho nitro benzene ring substituents is 1. The van der Waals surface area contributed by atoms with Gasteiger partial charge in [-0.25, -0.2) is 14.8 Å². The van der Waals surface area contributed by atoms with Crippen molar-refractivity contribution in [3.63, 3.8) is 0 Å². The van der Waals surface area contributed by atoms with E-state index in [0.29, 0.717) is 17.3 Å². The molecule has 5 aromatic rings. The molecule has 1 aliphatic heterocycles. The number of aromatic nitrogens is 3. The van der Waals surface area contributed by atoms with Crippen LogP contribution in [0.1, 0.15) is 24.8 Å². The molecule has 1 fully saturated rings. The number of fused-ring (bicyclic) bond motifs is 5. The molecule has 0 atom stereocenters. The molecule has 2 aromatic heterocycles. The summed E-state index contributed by atoms with van der Waals surface area (Å²) in [7, 11) is 0. The first-order valence-electron chi connectivity index (χ1n) is 13.2. The van der Waals surface area contributed by atoms with Crippen LogP contribution in [0, 0.1) is 10.1 Å². The SMILES string of the molecule is O=C(O)NC1(c2ccc(-c3c(-c4ccc([N+](=O)[O-])cc4)nc4n3-c3cccnc3Nc3ccccc3-4)cc2)CCC1. The van der Waals surface area contributed by atoms with Gasteiger partial charge in [-0.3, -0.25) is 14.7 Å². The van der Waals surface area contributed by atoms with Gasteiger partial charge >= 0.3 is 6.09 Å². The lowest BCUT2D eigenvalue weighted by Crippen LogP contribution is -2.50. The van der Waals surface area contributed by atoms with Crippen LogP contribution in [-0.4, -0.2) is 30.7 Å². The number of nitro groups is 1. The molecule has 41 heavy (non-hydrogen) atoms. The Balaban J connectivity index is 1.47. The largest absolute Gasteiger partial charge is 0.465 e. The Hall–Kier alpha value is -5.51. The number of nitro benzene ring substituents is 1. The third kappa shape index (κ3) is 3.99. The molecule has 0 spiro atoms. The second kappa shape index (κ2) is 9.30. The Morgan fingerprint density at radius 1 is 0.976 bits per heavy atom. The zero-order chi connectivity index (χ0) is 28.1. The van der Waals surface area contributed by atoms with E-state index in [1.165, 1.54) is 12.1 Å². The molecule has 0 bridgehead atoms. The third-order valence-corrected chi connectivity index (χ3v) is 7.94. The summed E-state index contributed by atoms with van der Waals surface area (Å²) in [6.07, 6.45) is 3.14. The van der Waals surface area contributed by atoms with E-state index < -0.39 is 16.6 Å². The fourth-order valence-electron chi connectivity index (χ4n) is 5.80. The number of para-hydroxylation sites is 1. The van der Waals surface area contributed by atoms with Crippen molar-refractivity contribution in [3.05, 3.63) is 107 Å². The van der Waals surface area contributed by atoms with Gasteiger partial charge in [-0.15, -0.1) is 0 Å². The van der Waals surface area contributed by atoms with Crippen LogP contribution < -0.4 is 10.6 Å². The van der Waals surface area contributed by atoms with Gasteiger partial charge in [-0.1, -0.05) is 36.4 Å². The molecule has 2 aliphatic rings. The van der Waals surface area contributed by atoms with E-state index in [-0.39, 0.29) is 5.69 Å². The molecule has 3 heterocycles. The number of hydrogen-bond acceptors (Lipinski definition) is 6. The van der Waals surface area contributed by atoms with Crippen LogP contribution in [0.3, 0.4) is 0 Å². The predicted octanol–water partition coefficient (Wildman–Crippen LogP) is 6.88. The van der Waals surface area contributed by atoms with Crippen LogP contribution in [0.4, 0.5) is 22.0 Å². The van der Waals surface area contributed by atoms with Crippen molar-refractivity contribution in [2.75, 3.05) is 5.32 Å². The molecule has 3 N–H and O–H groups in total. The number of benzene rings is 3. The summed E-state index contributed by atoms with van der Waals surface area (Å²) in [5.74, 6) is 1.37. The molecule has 10 heteroatoms. The number of nitrogens with one attached hydrogen (secondary N) is 2. The second-order valence-electron chi connectivity index (χ2n) is 10.3. The summed E-state index contributed by atoms with van der Waals surface area (Å²) in [5.41, 5.74) is 5.93. The van der Waals surface area contributed by atoms with Crippen molar-refractivity contribution >= 4 is 23.3 Å². The molecular formula is C31H24N6O4. The minimum atomic E-state index is -1.04. The van der Waals surface area contributed by atoms with Gasteiger partial charge in [-0.05, 0) is 61.2 Å². The number of pyridine rings is 1. The number of rotatable bonds is 5. The summed E-state index contributed by atoms with van der Waals surface area (Å²) in [6, 6.07) is 26.0. The van der Waals surface area contributed by atoms with E-state index in [4.69, 9.17) is 4.98 Å². The number of imidazole rings is 1. The van der Waals surface area contributed by atoms with Crippen LogP contribution >= 0.6 is 0 Å². The minimum Gasteiger partial charge on any atom is -0.465 e. The Bertz CT molecular complexity index is 1820. The van der Waals surface area contributed by atoms with E-state index in [1.54, 1.807) is 18.3 Å². The standard InChI is InChI=1S/C31H24N6O4/c38-30(39)35-31(16-4-17-31)21-12-8-20(9-13-21)27-26(19-10-14-22(15-11-19)37(40)41)34-29-23-5-1-2-6-24(23)33-28-25(36(27)29)7-3-18-32-28/h1-3,5-15,18,35H,4,16-17H2,(H,32,33)(H,38,39). The smallest absolute Gasteiger partial charge is 0.405 e. The Kier molecular flexibility index (Phi) is 5.56. The summed E-state index contributed by atoms with van der Waals surface area (Å²) in [5, 5.41) is 27.0. The van der Waals surface area contributed by atoms with Crippen LogP contribution in [0.5, 0.6) is 0 Å². The first kappa shape index (κ1) is 24.5. The van der Waals surface area contributed by atoms with Crippen molar-refractivity contribution in [1.29, 1.82) is 0 Å². The Morgan fingerprint density at radius 3 is 2.39 bits per heavy atom. The van der Waals surface area contributed by atoms with E-state index >= 15 is 0 Å². The van der Waals surface area contributed by atoms with Gasteiger partial charge in [0.25, 0.3) is 5.69 Å². The number of nitrogens with zero attached hydrogens (tertiary/aromatic N) is 4. The fourth-order valence-corrected chi connectivity index (χ4v) is 5.80. The highest BCUT2D eigenvalue weighted by Gasteiger charge is 2.40. The summed E-state index contributed by atoms with van der Waals surface area (Å²) in [4.78, 5) is 32.2. The van der Waals surface area contributed by atoms with Crippen LogP contribution in [0.15, 0.2) is 91.1 Å². The number of hydrogen-bond donors (Lipinski definition) is 3. The molecule has 202 valence electrons. The predicted molar refractivity (Wildman–Crippen MR) is 154 cm³/mol. The molecule has 1 aliphatic carbocycles. The molecule has 3 aromatic carbocycles. The monoisotopic (exact) mass is 544 g/mol. The maximum atomic E-state index is 11.5. The average Bonchev–Trinajstić information content (AvgIpc) is 3.29. The second-order valence-corrected chi connectivity index (χ2v) is 10.3. The number of amides is 1. The number of carbonyl (C=O) groups is 1. The molecule has 0 radical (unpaired) electrons. The molecule has 7 rings (SSSR count). The average molecular weight is 545 g/mol. The molecular weight excluding hydrogens is 520 g/mol. The van der Waals surface area contributed by atoms with E-state index in [1.807, 2.05) is 60.7 Å². The normalized spacial score (nSPS) is 14.3. The lowest BCUT2D eigenvalue weighted by molar-refractivity contribution is -0.384. The highest BCUT2D eigenvalue weighted by molar-refractivity contribution is 5.91. The molecule has 0 unspecified atom stereocenters. The molecule has 0 saturated heterocycles. The van der Waals surface area contributed by atoms with Crippen LogP contribution in [0.2, 0.25) is 0 Å². The van der Waals surface area contributed by atoms with Gasteiger partial charge in [0.15, 0.2) is 5.82 Å². The highest BCUT2D eigenvalue weighted by atomic mass is 16.6. The topological polar surface area (TPSA) is 135 Å². The highest BCUT2D eigenvalue weighted by Crippen LogP contribution is 2.46. The number of anilines is 2. The van der Waals surface area contributed by atoms with Crippen molar-refractivity contribution in [3.8, 4) is 39.6 Å². The first-order chi connectivity index (χ1) is 19.9. The summed E-state index contributed by atoms with van der Waals surface area (Å²) >= 11 is 0. The van der Waals surface area contributed by atoms with Gasteiger partial charge in [0.1, 0.15) is 5.82 Å². The van der Waals surface area contributed by atoms with Crippen LogP contribution in [-0.2, 0) is 5.54 Å². The van der Waals surface area contributed by atoms with Crippen molar-refractivity contribution < 1.29 is 14.8 Å². The van der Waals surface area contributed by atoms with E-state index in [9.17, 15) is 20.0 Å². The first-order valence-corrected chi connectivity index (χ1v) is 13.2. The van der Waals surface area contributed by atoms with E-state index in [2.05, 4.69) is 20.2 Å². The van der Waals surface area contributed by atoms with E-state index in [0.717, 1.165) is 58.6 Å². The zero-order valence-electron chi connectivity index (χ0n) is 21.7. The zero-order valence-corrected chi connectivity index (χ0v) is 21.7. The Labute approximate surface area is 234 Å². The fraction of sp³-hybridized carbons (Fsp3) is 0.129. The summed E-state index contributed by atoms with van der Waals surface area (Å²) < 4.78 is 2.07. The van der Waals surface area contributed by atoms with Crippen molar-refractivity contribution in [2.45, 2.75) is 24.8 Å². The van der Waals surface area contributed by atoms with Gasteiger partial charge in [0, 0.05) is 35.0 Å². The molecule has 10 nitrogen and oxygen atoms in total. The van der Waals surface area contributed by atoms with Gasteiger partial charge in [-0.2, -0.15) is 0 Å². The maximum Gasteiger partial charge on any atom is 0.405 e. The van der Waals surface area contributed by atoms with Crippen LogP contribution in [0.25, 0.3) is 39.6 Å². The molecule has 1 amide bonds. The lowest BCUT2D eigenvalue weighted by Gasteiger charge is -2.42. The Morgan fingerprint density at radius 2 is 1.71 bits per heavy atom. The number of carboxylic acid groups (broad SMARTS) is 1. The van der Waals surface area contributed by atoms with Gasteiger partial charge < -0.3 is 15.7 Å². The van der Waals surface area contributed by atoms with Crippen molar-refractivity contribution in [1.82, 2.24) is 19.9 Å². The molecule has 1 saturated carbocycles. The maximum absolute atomic E-state index is 11.5. The lowest BCUT2D eigenvalue weighted by atomic mass is 9.71. The van der Waals surface area contributed by atoms with Gasteiger partial charge in [0.05, 0.1) is 33.2 Å². The third-order valence-electron chi connectivity index (χ3n) is 7.94. The van der Waals surface area contributed by atoms with Gasteiger partial charge in [0.2, 0.25) is 0 Å². The summed E-state index contributed by atoms with van der Waals surface area (Å²) in [6.45, 7) is 0. The quantitative estimate of drug-likeness (QED) is 0.159. The minimum absolute atomic E-state index is 0.00115. The van der Waals surface area contributed by atoms with Crippen molar-refractivity contribution in [2.24, 2.45) is 0 Å².